The molecule has 1 saturated carbocycles. The van der Waals surface area contributed by atoms with Gasteiger partial charge >= 0.3 is 0 Å². The fraction of sp³-hybridized carbons (Fsp3) is 0.520. The second-order valence-corrected chi connectivity index (χ2v) is 10.3. The summed E-state index contributed by atoms with van der Waals surface area (Å²) in [5, 5.41) is 25.3. The van der Waals surface area contributed by atoms with E-state index in [9.17, 15) is 14.6 Å². The quantitative estimate of drug-likeness (QED) is 0.509. The molecule has 0 spiro atoms. The lowest BCUT2D eigenvalue weighted by molar-refractivity contribution is -0.00860. The van der Waals surface area contributed by atoms with Crippen molar-refractivity contribution in [1.29, 1.82) is 0 Å². The minimum absolute atomic E-state index is 0.0248. The van der Waals surface area contributed by atoms with E-state index < -0.39 is 11.8 Å². The van der Waals surface area contributed by atoms with Crippen molar-refractivity contribution in [2.45, 2.75) is 62.9 Å². The summed E-state index contributed by atoms with van der Waals surface area (Å²) in [6.45, 7) is 4.51. The second kappa shape index (κ2) is 8.23. The molecule has 2 aliphatic heterocycles. The first kappa shape index (κ1) is 22.4. The van der Waals surface area contributed by atoms with Crippen LogP contribution in [-0.2, 0) is 0 Å². The predicted octanol–water partition coefficient (Wildman–Crippen LogP) is 2.91. The molecule has 9 nitrogen and oxygen atoms in total. The van der Waals surface area contributed by atoms with Gasteiger partial charge in [0.15, 0.2) is 5.67 Å². The van der Waals surface area contributed by atoms with Crippen LogP contribution in [-0.4, -0.2) is 73.7 Å². The molecule has 3 aromatic rings. The maximum atomic E-state index is 14.7. The first-order valence-electron chi connectivity index (χ1n) is 12.3. The smallest absolute Gasteiger partial charge is 0.227 e. The van der Waals surface area contributed by atoms with Crippen molar-refractivity contribution in [2.24, 2.45) is 0 Å². The molecule has 3 N–H and O–H groups in total. The van der Waals surface area contributed by atoms with Crippen LogP contribution in [0.4, 0.5) is 27.8 Å². The van der Waals surface area contributed by atoms with Crippen LogP contribution >= 0.6 is 0 Å². The monoisotopic (exact) mass is 479 g/mol. The lowest BCUT2D eigenvalue weighted by Crippen LogP contribution is -2.59. The maximum absolute atomic E-state index is 14.7. The van der Waals surface area contributed by atoms with Crippen molar-refractivity contribution in [3.8, 4) is 0 Å². The van der Waals surface area contributed by atoms with E-state index in [1.807, 2.05) is 25.4 Å². The topological polar surface area (TPSA) is 111 Å². The molecule has 0 aromatic carbocycles. The van der Waals surface area contributed by atoms with Gasteiger partial charge in [-0.3, -0.25) is 0 Å². The summed E-state index contributed by atoms with van der Waals surface area (Å²) in [5.74, 6) is 3.01. The number of aliphatic hydroxyl groups excluding tert-OH is 2. The molecule has 35 heavy (non-hydrogen) atoms. The average molecular weight is 480 g/mol. The molecule has 0 bridgehead atoms. The van der Waals surface area contributed by atoms with Gasteiger partial charge in [0, 0.05) is 37.1 Å². The lowest BCUT2D eigenvalue weighted by Gasteiger charge is -2.44. The zero-order valence-corrected chi connectivity index (χ0v) is 19.9. The summed E-state index contributed by atoms with van der Waals surface area (Å²) in [5.41, 5.74) is -0.486. The summed E-state index contributed by atoms with van der Waals surface area (Å²) in [4.78, 5) is 22.2. The Labute approximate surface area is 203 Å². The molecule has 10 heteroatoms. The van der Waals surface area contributed by atoms with Gasteiger partial charge in [0.05, 0.1) is 24.8 Å². The van der Waals surface area contributed by atoms with Crippen molar-refractivity contribution < 1.29 is 14.6 Å². The van der Waals surface area contributed by atoms with Gasteiger partial charge < -0.3 is 25.3 Å². The number of piperidine rings is 1. The van der Waals surface area contributed by atoms with Crippen LogP contribution in [0.3, 0.4) is 0 Å². The standard InChI is InChI=1S/C25H30FN7O2/c1-14-19(34)12-33(14)23-18-11-28-22(9-16(18)17(10-29-23)15-3-4-15)30-21-5-7-27-24(31-21)32-8-6-20(35)25(2,26)13-32/h5,7,9-11,14-15,19-20,34-35H,3-4,6,8,12-13H2,1-2H3,(H,27,28,30,31)/t14-,19+,20-,25+/m1/s1. The molecule has 3 fully saturated rings. The summed E-state index contributed by atoms with van der Waals surface area (Å²) in [6.07, 6.45) is 6.78. The Morgan fingerprint density at radius 3 is 2.63 bits per heavy atom. The van der Waals surface area contributed by atoms with Crippen LogP contribution in [0.5, 0.6) is 0 Å². The van der Waals surface area contributed by atoms with Crippen LogP contribution in [0, 0.1) is 0 Å². The maximum Gasteiger partial charge on any atom is 0.227 e. The first-order valence-corrected chi connectivity index (χ1v) is 12.3. The third-order valence-corrected chi connectivity index (χ3v) is 7.55. The number of alkyl halides is 1. The predicted molar refractivity (Wildman–Crippen MR) is 132 cm³/mol. The van der Waals surface area contributed by atoms with Gasteiger partial charge in [-0.2, -0.15) is 4.98 Å². The molecular formula is C25H30FN7O2. The molecule has 0 radical (unpaired) electrons. The molecule has 1 aliphatic carbocycles. The van der Waals surface area contributed by atoms with Crippen molar-refractivity contribution >= 4 is 34.2 Å². The molecule has 0 unspecified atom stereocenters. The van der Waals surface area contributed by atoms with E-state index in [1.165, 1.54) is 12.5 Å². The number of anilines is 4. The van der Waals surface area contributed by atoms with Gasteiger partial charge in [-0.1, -0.05) is 0 Å². The molecule has 3 aliphatic rings. The average Bonchev–Trinajstić information content (AvgIpc) is 3.69. The number of aromatic nitrogens is 4. The number of hydrogen-bond acceptors (Lipinski definition) is 9. The number of aliphatic hydroxyl groups is 2. The molecule has 5 heterocycles. The zero-order valence-electron chi connectivity index (χ0n) is 19.9. The number of fused-ring (bicyclic) bond motifs is 1. The van der Waals surface area contributed by atoms with Crippen molar-refractivity contribution in [1.82, 2.24) is 19.9 Å². The van der Waals surface area contributed by atoms with Crippen LogP contribution in [0.1, 0.15) is 44.6 Å². The second-order valence-electron chi connectivity index (χ2n) is 10.3. The van der Waals surface area contributed by atoms with E-state index in [0.717, 1.165) is 29.4 Å². The van der Waals surface area contributed by atoms with Crippen LogP contribution in [0.25, 0.3) is 10.8 Å². The van der Waals surface area contributed by atoms with Gasteiger partial charge in [0.25, 0.3) is 0 Å². The minimum atomic E-state index is -1.71. The fourth-order valence-electron chi connectivity index (χ4n) is 5.04. The highest BCUT2D eigenvalue weighted by molar-refractivity contribution is 5.96. The zero-order chi connectivity index (χ0) is 24.3. The largest absolute Gasteiger partial charge is 0.390 e. The minimum Gasteiger partial charge on any atom is -0.390 e. The number of halogens is 1. The SMILES string of the molecule is C[C@@H]1[C@@H](O)CN1c1ncc(C2CC2)c2cc(Nc3ccnc(N4CC[C@@H](O)[C@@](C)(F)C4)n3)ncc12. The molecule has 2 saturated heterocycles. The van der Waals surface area contributed by atoms with E-state index >= 15 is 0 Å². The summed E-state index contributed by atoms with van der Waals surface area (Å²) >= 11 is 0. The fourth-order valence-corrected chi connectivity index (χ4v) is 5.04. The molecule has 3 aromatic heterocycles. The van der Waals surface area contributed by atoms with Crippen LogP contribution in [0.2, 0.25) is 0 Å². The van der Waals surface area contributed by atoms with E-state index in [2.05, 4.69) is 25.2 Å². The highest BCUT2D eigenvalue weighted by Gasteiger charge is 2.40. The third kappa shape index (κ3) is 4.04. The van der Waals surface area contributed by atoms with Gasteiger partial charge in [0.1, 0.15) is 17.5 Å². The normalized spacial score (nSPS) is 28.8. The van der Waals surface area contributed by atoms with E-state index in [0.29, 0.717) is 43.0 Å². The molecule has 184 valence electrons. The number of nitrogens with zero attached hydrogens (tertiary/aromatic N) is 6. The Kier molecular flexibility index (Phi) is 5.26. The van der Waals surface area contributed by atoms with E-state index in [-0.39, 0.29) is 18.7 Å². The van der Waals surface area contributed by atoms with Gasteiger partial charge in [-0.15, -0.1) is 0 Å². The van der Waals surface area contributed by atoms with Crippen molar-refractivity contribution in [3.63, 3.8) is 0 Å². The van der Waals surface area contributed by atoms with Gasteiger partial charge in [-0.05, 0) is 62.1 Å². The molecular weight excluding hydrogens is 449 g/mol. The summed E-state index contributed by atoms with van der Waals surface area (Å²) in [7, 11) is 0. The molecule has 6 rings (SSSR count). The lowest BCUT2D eigenvalue weighted by atomic mass is 9.94. The number of pyridine rings is 2. The van der Waals surface area contributed by atoms with Crippen molar-refractivity contribution in [3.05, 3.63) is 36.3 Å². The van der Waals surface area contributed by atoms with Crippen LogP contribution in [0.15, 0.2) is 30.7 Å². The number of β-amino-alcohol motifs (C(OH)–C–C–N with tert-alkyl or cyclic N) is 1. The summed E-state index contributed by atoms with van der Waals surface area (Å²) < 4.78 is 14.7. The number of nitrogens with one attached hydrogen (secondary N) is 1. The van der Waals surface area contributed by atoms with E-state index in [1.54, 1.807) is 17.2 Å². The summed E-state index contributed by atoms with van der Waals surface area (Å²) in [6, 6.07) is 3.81. The Morgan fingerprint density at radius 2 is 1.91 bits per heavy atom. The Bertz CT molecular complexity index is 1270. The highest BCUT2D eigenvalue weighted by Crippen LogP contribution is 2.45. The molecule has 4 atom stereocenters. The van der Waals surface area contributed by atoms with Crippen LogP contribution < -0.4 is 15.1 Å². The number of hydrogen-bond donors (Lipinski definition) is 3. The van der Waals surface area contributed by atoms with Crippen molar-refractivity contribution in [2.75, 3.05) is 34.8 Å². The number of rotatable bonds is 5. The van der Waals surface area contributed by atoms with E-state index in [4.69, 9.17) is 4.98 Å². The molecule has 0 amide bonds. The van der Waals surface area contributed by atoms with Gasteiger partial charge in [-0.25, -0.2) is 19.3 Å². The van der Waals surface area contributed by atoms with Gasteiger partial charge in [0.2, 0.25) is 5.95 Å². The Balaban J connectivity index is 1.29. The Hall–Kier alpha value is -3.11. The Morgan fingerprint density at radius 1 is 1.09 bits per heavy atom. The first-order chi connectivity index (χ1) is 16.8. The third-order valence-electron chi connectivity index (χ3n) is 7.55. The highest BCUT2D eigenvalue weighted by atomic mass is 19.1.